The number of hydrogen-bond donors (Lipinski definition) is 2. The summed E-state index contributed by atoms with van der Waals surface area (Å²) in [4.78, 5) is 2.58. The van der Waals surface area contributed by atoms with E-state index in [1.807, 2.05) is 0 Å². The van der Waals surface area contributed by atoms with E-state index < -0.39 is 0 Å². The van der Waals surface area contributed by atoms with Crippen molar-refractivity contribution in [2.24, 2.45) is 17.3 Å². The molecule has 1 heterocycles. The minimum atomic E-state index is -0.00819. The summed E-state index contributed by atoms with van der Waals surface area (Å²) in [7, 11) is 0. The smallest absolute Gasteiger partial charge is 0.0583 e. The van der Waals surface area contributed by atoms with Crippen LogP contribution in [0.1, 0.15) is 25.7 Å². The van der Waals surface area contributed by atoms with Crippen LogP contribution in [-0.4, -0.2) is 41.5 Å². The maximum absolute atomic E-state index is 9.85. The van der Waals surface area contributed by atoms with Crippen molar-refractivity contribution in [3.8, 4) is 0 Å². The molecule has 3 fully saturated rings. The Balaban J connectivity index is 1.58. The lowest BCUT2D eigenvalue weighted by molar-refractivity contribution is 0.122. The molecule has 15 heavy (non-hydrogen) atoms. The molecule has 0 aromatic carbocycles. The Morgan fingerprint density at radius 1 is 1.27 bits per heavy atom. The second kappa shape index (κ2) is 3.64. The van der Waals surface area contributed by atoms with Gasteiger partial charge in [-0.05, 0) is 42.8 Å². The molecule has 0 aromatic heterocycles. The second-order valence-corrected chi connectivity index (χ2v) is 6.24. The van der Waals surface area contributed by atoms with E-state index in [0.29, 0.717) is 11.3 Å². The predicted octanol–water partition coefficient (Wildman–Crippen LogP) is 1.40. The summed E-state index contributed by atoms with van der Waals surface area (Å²) >= 11 is 4.46. The molecule has 1 aliphatic heterocycles. The number of thiol groups is 1. The van der Waals surface area contributed by atoms with Crippen molar-refractivity contribution >= 4 is 12.6 Å². The van der Waals surface area contributed by atoms with Crippen LogP contribution in [0.5, 0.6) is 0 Å². The van der Waals surface area contributed by atoms with Gasteiger partial charge in [-0.1, -0.05) is 0 Å². The standard InChI is InChI=1S/C12H21NOS/c14-11-2-1-9-5-13(6-10(9)11)7-12(8-15)3-4-12/h9-11,14-15H,1-8H2. The van der Waals surface area contributed by atoms with E-state index in [-0.39, 0.29) is 6.10 Å². The molecule has 3 aliphatic rings. The molecule has 1 saturated heterocycles. The van der Waals surface area contributed by atoms with Crippen molar-refractivity contribution in [1.29, 1.82) is 0 Å². The van der Waals surface area contributed by atoms with Crippen LogP contribution in [-0.2, 0) is 0 Å². The minimum absolute atomic E-state index is 0.00819. The van der Waals surface area contributed by atoms with Gasteiger partial charge in [-0.3, -0.25) is 0 Å². The zero-order chi connectivity index (χ0) is 10.5. The Hall–Kier alpha value is 0.270. The summed E-state index contributed by atoms with van der Waals surface area (Å²) in [5, 5.41) is 9.85. The number of nitrogens with zero attached hydrogens (tertiary/aromatic N) is 1. The highest BCUT2D eigenvalue weighted by Gasteiger charge is 2.47. The van der Waals surface area contributed by atoms with Crippen molar-refractivity contribution in [2.75, 3.05) is 25.4 Å². The zero-order valence-electron chi connectivity index (χ0n) is 9.23. The summed E-state index contributed by atoms with van der Waals surface area (Å²) in [6.45, 7) is 3.61. The maximum atomic E-state index is 9.85. The lowest BCUT2D eigenvalue weighted by atomic mass is 10.00. The lowest BCUT2D eigenvalue weighted by Crippen LogP contribution is -2.31. The van der Waals surface area contributed by atoms with Crippen molar-refractivity contribution in [3.05, 3.63) is 0 Å². The summed E-state index contributed by atoms with van der Waals surface area (Å²) in [6.07, 6.45) is 5.01. The molecule has 2 saturated carbocycles. The van der Waals surface area contributed by atoms with Crippen LogP contribution in [0.2, 0.25) is 0 Å². The highest BCUT2D eigenvalue weighted by Crippen LogP contribution is 2.49. The molecular weight excluding hydrogens is 206 g/mol. The number of rotatable bonds is 3. The molecule has 0 spiro atoms. The Kier molecular flexibility index (Phi) is 2.53. The van der Waals surface area contributed by atoms with Crippen LogP contribution >= 0.6 is 12.6 Å². The van der Waals surface area contributed by atoms with Crippen molar-refractivity contribution in [2.45, 2.75) is 31.8 Å². The van der Waals surface area contributed by atoms with Crippen molar-refractivity contribution in [3.63, 3.8) is 0 Å². The van der Waals surface area contributed by atoms with Gasteiger partial charge in [0.15, 0.2) is 0 Å². The molecule has 2 nitrogen and oxygen atoms in total. The van der Waals surface area contributed by atoms with Crippen LogP contribution in [0.3, 0.4) is 0 Å². The fourth-order valence-corrected chi connectivity index (χ4v) is 3.89. The molecule has 3 atom stereocenters. The maximum Gasteiger partial charge on any atom is 0.0583 e. The first-order valence-electron chi connectivity index (χ1n) is 6.24. The first kappa shape index (κ1) is 10.4. The average Bonchev–Trinajstić information content (AvgIpc) is 2.76. The van der Waals surface area contributed by atoms with E-state index in [9.17, 15) is 5.11 Å². The van der Waals surface area contributed by atoms with Gasteiger partial charge in [0.2, 0.25) is 0 Å². The molecule has 86 valence electrons. The Morgan fingerprint density at radius 2 is 2.07 bits per heavy atom. The van der Waals surface area contributed by atoms with Gasteiger partial charge in [0.05, 0.1) is 6.10 Å². The predicted molar refractivity (Wildman–Crippen MR) is 64.2 cm³/mol. The first-order valence-corrected chi connectivity index (χ1v) is 6.87. The van der Waals surface area contributed by atoms with Crippen LogP contribution in [0.25, 0.3) is 0 Å². The van der Waals surface area contributed by atoms with E-state index in [2.05, 4.69) is 17.5 Å². The molecule has 3 heteroatoms. The highest BCUT2D eigenvalue weighted by atomic mass is 32.1. The Bertz CT molecular complexity index is 254. The van der Waals surface area contributed by atoms with E-state index >= 15 is 0 Å². The van der Waals surface area contributed by atoms with Crippen LogP contribution in [0.15, 0.2) is 0 Å². The number of hydrogen-bond acceptors (Lipinski definition) is 3. The minimum Gasteiger partial charge on any atom is -0.393 e. The summed E-state index contributed by atoms with van der Waals surface area (Å²) in [5.41, 5.74) is 0.548. The van der Waals surface area contributed by atoms with E-state index in [1.54, 1.807) is 0 Å². The van der Waals surface area contributed by atoms with Gasteiger partial charge in [0.1, 0.15) is 0 Å². The fourth-order valence-electron chi connectivity index (χ4n) is 3.48. The molecule has 0 aromatic rings. The van der Waals surface area contributed by atoms with Gasteiger partial charge in [0.25, 0.3) is 0 Å². The molecule has 3 rings (SSSR count). The topological polar surface area (TPSA) is 23.5 Å². The molecular formula is C12H21NOS. The first-order chi connectivity index (χ1) is 7.22. The van der Waals surface area contributed by atoms with Crippen molar-refractivity contribution in [1.82, 2.24) is 4.90 Å². The van der Waals surface area contributed by atoms with Gasteiger partial charge in [-0.2, -0.15) is 12.6 Å². The van der Waals surface area contributed by atoms with Crippen LogP contribution in [0, 0.1) is 17.3 Å². The molecule has 1 N–H and O–H groups in total. The van der Waals surface area contributed by atoms with Gasteiger partial charge < -0.3 is 10.0 Å². The molecule has 2 aliphatic carbocycles. The van der Waals surface area contributed by atoms with Crippen LogP contribution in [0.4, 0.5) is 0 Å². The Morgan fingerprint density at radius 3 is 2.67 bits per heavy atom. The number of aliphatic hydroxyl groups excluding tert-OH is 1. The highest BCUT2D eigenvalue weighted by molar-refractivity contribution is 7.80. The Labute approximate surface area is 97.4 Å². The quantitative estimate of drug-likeness (QED) is 0.712. The summed E-state index contributed by atoms with van der Waals surface area (Å²) in [6, 6.07) is 0. The average molecular weight is 227 g/mol. The van der Waals surface area contributed by atoms with Gasteiger partial charge in [-0.15, -0.1) is 0 Å². The summed E-state index contributed by atoms with van der Waals surface area (Å²) < 4.78 is 0. The monoisotopic (exact) mass is 227 g/mol. The van der Waals surface area contributed by atoms with Gasteiger partial charge in [-0.25, -0.2) is 0 Å². The SMILES string of the molecule is OC1CCC2CN(CC3(CS)CC3)CC12. The normalized spacial score (nSPS) is 43.2. The fraction of sp³-hybridized carbons (Fsp3) is 1.00. The number of aliphatic hydroxyl groups is 1. The van der Waals surface area contributed by atoms with E-state index in [1.165, 1.54) is 32.4 Å². The largest absolute Gasteiger partial charge is 0.393 e. The van der Waals surface area contributed by atoms with E-state index in [0.717, 1.165) is 24.6 Å². The number of likely N-dealkylation sites (tertiary alicyclic amines) is 1. The van der Waals surface area contributed by atoms with Gasteiger partial charge in [0, 0.05) is 25.6 Å². The van der Waals surface area contributed by atoms with Gasteiger partial charge >= 0.3 is 0 Å². The molecule has 0 amide bonds. The summed E-state index contributed by atoms with van der Waals surface area (Å²) in [5.74, 6) is 2.41. The van der Waals surface area contributed by atoms with Crippen molar-refractivity contribution < 1.29 is 5.11 Å². The molecule has 0 radical (unpaired) electrons. The lowest BCUT2D eigenvalue weighted by Gasteiger charge is -2.23. The van der Waals surface area contributed by atoms with E-state index in [4.69, 9.17) is 0 Å². The third-order valence-electron chi connectivity index (χ3n) is 4.75. The van der Waals surface area contributed by atoms with Crippen LogP contribution < -0.4 is 0 Å². The zero-order valence-corrected chi connectivity index (χ0v) is 10.1. The third-order valence-corrected chi connectivity index (χ3v) is 5.42. The second-order valence-electron chi connectivity index (χ2n) is 5.92. The third kappa shape index (κ3) is 1.83. The molecule has 0 bridgehead atoms. The molecule has 3 unspecified atom stereocenters. The number of fused-ring (bicyclic) bond motifs is 1.